The number of unbranched alkanes of at least 4 members (excludes halogenated alkanes) is 1. The van der Waals surface area contributed by atoms with Gasteiger partial charge in [-0.05, 0) is 88.4 Å². The van der Waals surface area contributed by atoms with Crippen LogP contribution in [0, 0.1) is 5.82 Å². The number of nitrogens with one attached hydrogen (secondary N) is 2. The van der Waals surface area contributed by atoms with Gasteiger partial charge in [-0.3, -0.25) is 4.79 Å². The van der Waals surface area contributed by atoms with Crippen LogP contribution >= 0.6 is 0 Å². The quantitative estimate of drug-likeness (QED) is 0.200. The van der Waals surface area contributed by atoms with Gasteiger partial charge in [0.1, 0.15) is 23.5 Å². The molecule has 1 aliphatic heterocycles. The lowest BCUT2D eigenvalue weighted by atomic mass is 10.1. The molecule has 0 saturated carbocycles. The van der Waals surface area contributed by atoms with Gasteiger partial charge < -0.3 is 30.6 Å². The zero-order valence-electron chi connectivity index (χ0n) is 26.4. The fourth-order valence-corrected chi connectivity index (χ4v) is 6.63. The topological polar surface area (TPSA) is 156 Å². The first-order valence-corrected chi connectivity index (χ1v) is 16.8. The average molecular weight is 659 g/mol. The number of carbonyl (C=O) groups is 3. The Labute approximate surface area is 269 Å². The van der Waals surface area contributed by atoms with E-state index >= 15 is 0 Å². The van der Waals surface area contributed by atoms with E-state index in [1.54, 1.807) is 20.8 Å². The maximum Gasteiger partial charge on any atom is 0.329 e. The van der Waals surface area contributed by atoms with Crippen LogP contribution in [0.5, 0.6) is 0 Å². The van der Waals surface area contributed by atoms with E-state index in [9.17, 15) is 27.2 Å². The second kappa shape index (κ2) is 15.1. The van der Waals surface area contributed by atoms with Crippen molar-refractivity contribution in [2.75, 3.05) is 32.7 Å². The molecule has 0 radical (unpaired) electrons. The normalized spacial score (nSPS) is 15.7. The zero-order chi connectivity index (χ0) is 33.5. The molecular weight excluding hydrogens is 615 g/mol. The van der Waals surface area contributed by atoms with Gasteiger partial charge in [-0.15, -0.1) is 0 Å². The number of para-hydroxylation sites is 1. The number of hydrogen-bond acceptors (Lipinski definition) is 7. The number of urea groups is 1. The molecule has 14 heteroatoms. The van der Waals surface area contributed by atoms with Crippen molar-refractivity contribution >= 4 is 38.8 Å². The van der Waals surface area contributed by atoms with Crippen LogP contribution in [0.3, 0.4) is 0 Å². The summed E-state index contributed by atoms with van der Waals surface area (Å²) in [5.41, 5.74) is 5.74. The van der Waals surface area contributed by atoms with Gasteiger partial charge in [-0.2, -0.15) is 4.31 Å². The molecule has 2 aromatic carbocycles. The second-order valence-corrected chi connectivity index (χ2v) is 14.2. The number of hydrogen-bond donors (Lipinski definition) is 3. The van der Waals surface area contributed by atoms with Gasteiger partial charge in [-0.1, -0.05) is 18.2 Å². The van der Waals surface area contributed by atoms with Crippen molar-refractivity contribution in [1.29, 1.82) is 0 Å². The molecule has 1 fully saturated rings. The smallest absolute Gasteiger partial charge is 0.329 e. The summed E-state index contributed by atoms with van der Waals surface area (Å²) in [6, 6.07) is 11.5. The molecule has 0 spiro atoms. The van der Waals surface area contributed by atoms with E-state index in [1.165, 1.54) is 21.3 Å². The summed E-state index contributed by atoms with van der Waals surface area (Å²) in [5.74, 6) is -1.68. The molecule has 250 valence electrons. The van der Waals surface area contributed by atoms with Crippen molar-refractivity contribution in [3.63, 3.8) is 0 Å². The molecule has 4 N–H and O–H groups in total. The molecule has 3 aromatic rings. The Morgan fingerprint density at radius 3 is 2.26 bits per heavy atom. The number of rotatable bonds is 12. The summed E-state index contributed by atoms with van der Waals surface area (Å²) < 4.78 is 48.1. The molecule has 2 heterocycles. The van der Waals surface area contributed by atoms with E-state index < -0.39 is 51.4 Å². The van der Waals surface area contributed by atoms with Crippen molar-refractivity contribution < 1.29 is 31.9 Å². The van der Waals surface area contributed by atoms with Crippen LogP contribution in [0.1, 0.15) is 40.0 Å². The third kappa shape index (κ3) is 9.04. The number of piperazine rings is 1. The average Bonchev–Trinajstić information content (AvgIpc) is 3.42. The van der Waals surface area contributed by atoms with E-state index in [0.717, 1.165) is 23.0 Å². The summed E-state index contributed by atoms with van der Waals surface area (Å²) >= 11 is 0. The lowest BCUT2D eigenvalue weighted by Crippen LogP contribution is -2.58. The van der Waals surface area contributed by atoms with E-state index in [-0.39, 0.29) is 37.6 Å². The van der Waals surface area contributed by atoms with E-state index in [4.69, 9.17) is 10.5 Å². The largest absolute Gasteiger partial charge is 0.458 e. The molecule has 2 atom stereocenters. The Morgan fingerprint density at radius 1 is 0.935 bits per heavy atom. The van der Waals surface area contributed by atoms with Crippen LogP contribution in [-0.4, -0.2) is 90.5 Å². The molecule has 0 aliphatic carbocycles. The molecule has 1 aromatic heterocycles. The minimum Gasteiger partial charge on any atom is -0.458 e. The van der Waals surface area contributed by atoms with E-state index in [1.807, 2.05) is 41.1 Å². The highest BCUT2D eigenvalue weighted by Gasteiger charge is 2.34. The number of nitrogens with zero attached hydrogens (tertiary/aromatic N) is 3. The Bertz CT molecular complexity index is 1610. The van der Waals surface area contributed by atoms with Crippen molar-refractivity contribution in [1.82, 2.24) is 24.4 Å². The maximum atomic E-state index is 13.8. The molecule has 3 amide bonds. The summed E-state index contributed by atoms with van der Waals surface area (Å²) in [6.07, 6.45) is 3.39. The van der Waals surface area contributed by atoms with E-state index in [2.05, 4.69) is 10.6 Å². The van der Waals surface area contributed by atoms with Gasteiger partial charge in [0.25, 0.3) is 0 Å². The fraction of sp³-hybridized carbons (Fsp3) is 0.469. The minimum absolute atomic E-state index is 0.0219. The molecule has 2 unspecified atom stereocenters. The highest BCUT2D eigenvalue weighted by atomic mass is 32.2. The molecule has 12 nitrogen and oxygen atoms in total. The Hall–Kier alpha value is -4.01. The van der Waals surface area contributed by atoms with Gasteiger partial charge in [0.2, 0.25) is 15.9 Å². The first-order chi connectivity index (χ1) is 21.8. The van der Waals surface area contributed by atoms with E-state index in [0.29, 0.717) is 25.8 Å². The molecule has 1 aliphatic rings. The lowest BCUT2D eigenvalue weighted by molar-refractivity contribution is -0.159. The molecule has 0 bridgehead atoms. The van der Waals surface area contributed by atoms with Gasteiger partial charge in [0.05, 0.1) is 11.4 Å². The summed E-state index contributed by atoms with van der Waals surface area (Å²) in [5, 5.41) is 6.57. The highest BCUT2D eigenvalue weighted by molar-refractivity contribution is 7.89. The van der Waals surface area contributed by atoms with Crippen LogP contribution in [0.15, 0.2) is 65.7 Å². The Balaban J connectivity index is 1.49. The third-order valence-electron chi connectivity index (χ3n) is 7.61. The Morgan fingerprint density at radius 2 is 1.61 bits per heavy atom. The Kier molecular flexibility index (Phi) is 11.4. The second-order valence-electron chi connectivity index (χ2n) is 12.3. The molecule has 1 saturated heterocycles. The third-order valence-corrected chi connectivity index (χ3v) is 9.52. The highest BCUT2D eigenvalue weighted by Crippen LogP contribution is 2.19. The van der Waals surface area contributed by atoms with Crippen LogP contribution in [0.25, 0.3) is 10.9 Å². The number of fused-ring (bicyclic) bond motifs is 1. The first kappa shape index (κ1) is 34.9. The van der Waals surface area contributed by atoms with Crippen LogP contribution in [0.2, 0.25) is 0 Å². The number of sulfonamides is 1. The van der Waals surface area contributed by atoms with Gasteiger partial charge >= 0.3 is 12.0 Å². The number of halogens is 1. The van der Waals surface area contributed by atoms with Crippen LogP contribution < -0.4 is 16.4 Å². The van der Waals surface area contributed by atoms with Crippen LogP contribution in [0.4, 0.5) is 9.18 Å². The summed E-state index contributed by atoms with van der Waals surface area (Å²) in [4.78, 5) is 41.8. The monoisotopic (exact) mass is 658 g/mol. The fourth-order valence-electron chi connectivity index (χ4n) is 5.21. The van der Waals surface area contributed by atoms with Gasteiger partial charge in [0.15, 0.2) is 0 Å². The maximum absolute atomic E-state index is 13.8. The number of esters is 1. The van der Waals surface area contributed by atoms with Crippen molar-refractivity contribution in [3.05, 3.63) is 66.6 Å². The van der Waals surface area contributed by atoms with Crippen molar-refractivity contribution in [2.45, 2.75) is 69.2 Å². The number of aromatic nitrogens is 1. The standard InChI is InChI=1S/C32H43FN6O6S/c1-32(2,3)45-30(41)26(9-6-7-16-34)35-29(40)27(22-38-17-15-23-8-4-5-10-28(23)38)36-31(42)37-18-20-39(21-19-37)46(43,44)25-13-11-24(33)12-14-25/h4-5,8,10-15,17,26-27H,6-7,9,16,18-22,34H2,1-3H3,(H,35,40)(H,36,42). The lowest BCUT2D eigenvalue weighted by Gasteiger charge is -2.35. The number of nitrogens with two attached hydrogens (primary N) is 1. The first-order valence-electron chi connectivity index (χ1n) is 15.4. The number of ether oxygens (including phenoxy) is 1. The van der Waals surface area contributed by atoms with Gasteiger partial charge in [0, 0.05) is 37.9 Å². The zero-order valence-corrected chi connectivity index (χ0v) is 27.3. The predicted octanol–water partition coefficient (Wildman–Crippen LogP) is 2.82. The molecule has 46 heavy (non-hydrogen) atoms. The number of amides is 3. The molecule has 4 rings (SSSR count). The predicted molar refractivity (Wildman–Crippen MR) is 172 cm³/mol. The van der Waals surface area contributed by atoms with Crippen LogP contribution in [-0.2, 0) is 30.9 Å². The van der Waals surface area contributed by atoms with Gasteiger partial charge in [-0.25, -0.2) is 22.4 Å². The SMILES string of the molecule is CC(C)(C)OC(=O)C(CCCCN)NC(=O)C(Cn1ccc2ccccc21)NC(=O)N1CCN(S(=O)(=O)c2ccc(F)cc2)CC1. The minimum atomic E-state index is -3.87. The van der Waals surface area contributed by atoms with Crippen molar-refractivity contribution in [2.24, 2.45) is 5.73 Å². The number of carbonyl (C=O) groups excluding carboxylic acids is 3. The molecular formula is C32H43FN6O6S. The summed E-state index contributed by atoms with van der Waals surface area (Å²) in [6.45, 7) is 5.94. The van der Waals surface area contributed by atoms with Crippen molar-refractivity contribution in [3.8, 4) is 0 Å². The number of benzene rings is 2. The summed E-state index contributed by atoms with van der Waals surface area (Å²) in [7, 11) is -3.87.